The van der Waals surface area contributed by atoms with E-state index in [4.69, 9.17) is 9.47 Å². The minimum Gasteiger partial charge on any atom is -0.428 e. The first kappa shape index (κ1) is 32.0. The molecule has 0 radical (unpaired) electrons. The molecule has 224 valence electrons. The topological polar surface area (TPSA) is 97.0 Å². The van der Waals surface area contributed by atoms with Gasteiger partial charge in [0.2, 0.25) is 6.79 Å². The largest absolute Gasteiger partial charge is 0.428 e. The standard InChI is InChI=1S/C33H47N3O5/c1-23(2)20-36(21-24(3)4)30-17-13-26(19-29(30)35-33(39)34-28-15-11-25(5)12-16-28)14-18-31(37)40-22-41-32(38)27-9-7-6-8-10-27/h11-13,15-17,19,23-24,27H,6-10,14,18,20-22H2,1-5H3,(H2,34,35,39). The van der Waals surface area contributed by atoms with Crippen LogP contribution in [0.15, 0.2) is 42.5 Å². The molecule has 8 nitrogen and oxygen atoms in total. The fraction of sp³-hybridized carbons (Fsp3) is 0.545. The minimum absolute atomic E-state index is 0.0824. The molecule has 0 unspecified atom stereocenters. The van der Waals surface area contributed by atoms with Gasteiger partial charge in [0, 0.05) is 25.2 Å². The summed E-state index contributed by atoms with van der Waals surface area (Å²) in [7, 11) is 0. The molecule has 1 aliphatic rings. The van der Waals surface area contributed by atoms with E-state index in [0.29, 0.717) is 29.6 Å². The van der Waals surface area contributed by atoms with Crippen molar-refractivity contribution in [3.05, 3.63) is 53.6 Å². The van der Waals surface area contributed by atoms with Crippen molar-refractivity contribution in [1.82, 2.24) is 0 Å². The average molecular weight is 566 g/mol. The molecule has 0 aromatic heterocycles. The van der Waals surface area contributed by atoms with Gasteiger partial charge in [-0.2, -0.15) is 0 Å². The van der Waals surface area contributed by atoms with Crippen LogP contribution in [0.2, 0.25) is 0 Å². The monoisotopic (exact) mass is 565 g/mol. The number of urea groups is 1. The molecule has 1 saturated carbocycles. The fourth-order valence-electron chi connectivity index (χ4n) is 5.12. The van der Waals surface area contributed by atoms with E-state index in [2.05, 4.69) is 43.2 Å². The number of nitrogens with one attached hydrogen (secondary N) is 2. The summed E-state index contributed by atoms with van der Waals surface area (Å²) in [6, 6.07) is 13.2. The Morgan fingerprint density at radius 3 is 2.17 bits per heavy atom. The number of esters is 2. The van der Waals surface area contributed by atoms with E-state index in [9.17, 15) is 14.4 Å². The van der Waals surface area contributed by atoms with Crippen LogP contribution in [0.4, 0.5) is 21.9 Å². The third-order valence-corrected chi connectivity index (χ3v) is 7.11. The van der Waals surface area contributed by atoms with E-state index in [1.807, 2.05) is 49.4 Å². The number of carbonyl (C=O) groups is 3. The number of aryl methyl sites for hydroxylation is 2. The highest BCUT2D eigenvalue weighted by Gasteiger charge is 2.23. The Labute approximate surface area is 245 Å². The second-order valence-corrected chi connectivity index (χ2v) is 11.9. The third kappa shape index (κ3) is 11.1. The Morgan fingerprint density at radius 1 is 0.878 bits per heavy atom. The zero-order valence-electron chi connectivity index (χ0n) is 25.3. The van der Waals surface area contributed by atoms with Crippen LogP contribution in [0.5, 0.6) is 0 Å². The maximum Gasteiger partial charge on any atom is 0.323 e. The maximum atomic E-state index is 13.0. The molecule has 0 aliphatic heterocycles. The van der Waals surface area contributed by atoms with Crippen LogP contribution in [0, 0.1) is 24.7 Å². The summed E-state index contributed by atoms with van der Waals surface area (Å²) in [5.74, 6) is 0.0776. The van der Waals surface area contributed by atoms with Crippen molar-refractivity contribution in [3.63, 3.8) is 0 Å². The smallest absolute Gasteiger partial charge is 0.323 e. The Kier molecular flexibility index (Phi) is 12.5. The Morgan fingerprint density at radius 2 is 1.54 bits per heavy atom. The Balaban J connectivity index is 1.66. The predicted molar refractivity (Wildman–Crippen MR) is 164 cm³/mol. The second kappa shape index (κ2) is 16.0. The van der Waals surface area contributed by atoms with Gasteiger partial charge in [0.25, 0.3) is 0 Å². The van der Waals surface area contributed by atoms with Crippen molar-refractivity contribution in [2.75, 3.05) is 35.4 Å². The van der Waals surface area contributed by atoms with E-state index >= 15 is 0 Å². The first-order valence-corrected chi connectivity index (χ1v) is 15.0. The van der Waals surface area contributed by atoms with Crippen LogP contribution < -0.4 is 15.5 Å². The molecule has 1 fully saturated rings. The number of carbonyl (C=O) groups excluding carboxylic acids is 3. The summed E-state index contributed by atoms with van der Waals surface area (Å²) in [6.45, 7) is 12.1. The van der Waals surface area contributed by atoms with E-state index < -0.39 is 5.97 Å². The van der Waals surface area contributed by atoms with Crippen LogP contribution in [0.1, 0.15) is 77.3 Å². The van der Waals surface area contributed by atoms with E-state index in [0.717, 1.165) is 62.0 Å². The molecule has 2 N–H and O–H groups in total. The molecular formula is C33H47N3O5. The normalized spacial score (nSPS) is 13.6. The average Bonchev–Trinajstić information content (AvgIpc) is 2.93. The Hall–Kier alpha value is -3.55. The minimum atomic E-state index is -0.432. The van der Waals surface area contributed by atoms with Gasteiger partial charge in [-0.15, -0.1) is 0 Å². The van der Waals surface area contributed by atoms with Gasteiger partial charge in [-0.1, -0.05) is 70.7 Å². The number of nitrogens with zero attached hydrogens (tertiary/aromatic N) is 1. The second-order valence-electron chi connectivity index (χ2n) is 11.9. The van der Waals surface area contributed by atoms with Crippen LogP contribution in [0.3, 0.4) is 0 Å². The fourth-order valence-corrected chi connectivity index (χ4v) is 5.12. The van der Waals surface area contributed by atoms with Crippen molar-refractivity contribution in [2.24, 2.45) is 17.8 Å². The first-order valence-electron chi connectivity index (χ1n) is 15.0. The van der Waals surface area contributed by atoms with Gasteiger partial charge in [0.05, 0.1) is 17.3 Å². The number of ether oxygens (including phenoxy) is 2. The number of amides is 2. The van der Waals surface area contributed by atoms with Crippen molar-refractivity contribution in [1.29, 1.82) is 0 Å². The van der Waals surface area contributed by atoms with Gasteiger partial charge < -0.3 is 25.0 Å². The summed E-state index contributed by atoms with van der Waals surface area (Å²) in [4.78, 5) is 39.9. The van der Waals surface area contributed by atoms with Gasteiger partial charge in [0.1, 0.15) is 0 Å². The highest BCUT2D eigenvalue weighted by Crippen LogP contribution is 2.30. The zero-order valence-corrected chi connectivity index (χ0v) is 25.3. The molecule has 8 heteroatoms. The third-order valence-electron chi connectivity index (χ3n) is 7.11. The summed E-state index contributed by atoms with van der Waals surface area (Å²) in [5.41, 5.74) is 4.34. The van der Waals surface area contributed by atoms with E-state index in [-0.39, 0.29) is 31.1 Å². The zero-order chi connectivity index (χ0) is 29.8. The van der Waals surface area contributed by atoms with Gasteiger partial charge in [-0.25, -0.2) is 4.79 Å². The van der Waals surface area contributed by atoms with E-state index in [1.165, 1.54) is 0 Å². The lowest BCUT2D eigenvalue weighted by atomic mass is 9.89. The van der Waals surface area contributed by atoms with Crippen molar-refractivity contribution >= 4 is 35.0 Å². The molecular weight excluding hydrogens is 518 g/mol. The quantitative estimate of drug-likeness (QED) is 0.195. The highest BCUT2D eigenvalue weighted by molar-refractivity contribution is 6.02. The highest BCUT2D eigenvalue weighted by atomic mass is 16.7. The molecule has 0 bridgehead atoms. The van der Waals surface area contributed by atoms with Crippen LogP contribution in [-0.4, -0.2) is 37.9 Å². The molecule has 0 atom stereocenters. The Bertz CT molecular complexity index is 1130. The molecule has 2 aromatic rings. The number of hydrogen-bond donors (Lipinski definition) is 2. The number of anilines is 3. The summed E-state index contributed by atoms with van der Waals surface area (Å²) < 4.78 is 10.4. The number of rotatable bonds is 13. The van der Waals surface area contributed by atoms with Gasteiger partial charge in [-0.3, -0.25) is 9.59 Å². The van der Waals surface area contributed by atoms with Crippen molar-refractivity contribution in [2.45, 2.75) is 79.6 Å². The number of hydrogen-bond acceptors (Lipinski definition) is 6. The summed E-state index contributed by atoms with van der Waals surface area (Å²) >= 11 is 0. The molecule has 41 heavy (non-hydrogen) atoms. The summed E-state index contributed by atoms with van der Waals surface area (Å²) in [6.07, 6.45) is 5.48. The molecule has 2 aromatic carbocycles. The van der Waals surface area contributed by atoms with Gasteiger partial charge in [-0.05, 0) is 67.9 Å². The summed E-state index contributed by atoms with van der Waals surface area (Å²) in [5, 5.41) is 5.95. The molecule has 0 saturated heterocycles. The molecule has 1 aliphatic carbocycles. The maximum absolute atomic E-state index is 13.0. The van der Waals surface area contributed by atoms with Crippen LogP contribution >= 0.6 is 0 Å². The van der Waals surface area contributed by atoms with Crippen LogP contribution in [-0.2, 0) is 25.5 Å². The molecule has 0 spiro atoms. The molecule has 0 heterocycles. The SMILES string of the molecule is Cc1ccc(NC(=O)Nc2cc(CCC(=O)OCOC(=O)C3CCCCC3)ccc2N(CC(C)C)CC(C)C)cc1. The van der Waals surface area contributed by atoms with Gasteiger partial charge >= 0.3 is 18.0 Å². The lowest BCUT2D eigenvalue weighted by Crippen LogP contribution is -2.32. The van der Waals surface area contributed by atoms with E-state index in [1.54, 1.807) is 0 Å². The lowest BCUT2D eigenvalue weighted by Gasteiger charge is -2.30. The lowest BCUT2D eigenvalue weighted by molar-refractivity contribution is -0.170. The van der Waals surface area contributed by atoms with Gasteiger partial charge in [0.15, 0.2) is 0 Å². The first-order chi connectivity index (χ1) is 19.6. The molecule has 3 rings (SSSR count). The predicted octanol–water partition coefficient (Wildman–Crippen LogP) is 7.31. The number of benzene rings is 2. The van der Waals surface area contributed by atoms with Crippen molar-refractivity contribution < 1.29 is 23.9 Å². The molecule has 2 amide bonds. The van der Waals surface area contributed by atoms with Crippen molar-refractivity contribution in [3.8, 4) is 0 Å². The van der Waals surface area contributed by atoms with Crippen LogP contribution in [0.25, 0.3) is 0 Å².